The Hall–Kier alpha value is -7.54. The first kappa shape index (κ1) is 34.2. The summed E-state index contributed by atoms with van der Waals surface area (Å²) >= 11 is 1.89. The van der Waals surface area contributed by atoms with Crippen molar-refractivity contribution in [2.75, 3.05) is 0 Å². The summed E-state index contributed by atoms with van der Waals surface area (Å²) in [7, 11) is 0. The number of hydrogen-bond acceptors (Lipinski definition) is 3. The Morgan fingerprint density at radius 2 is 1.08 bits per heavy atom. The molecule has 6 heteroatoms. The van der Waals surface area contributed by atoms with Crippen LogP contribution in [0.15, 0.2) is 176 Å². The first-order valence-electron chi connectivity index (χ1n) is 21.3. The van der Waals surface area contributed by atoms with Crippen LogP contribution in [0.25, 0.3) is 86.3 Å². The molecule has 0 amide bonds. The van der Waals surface area contributed by atoms with Crippen LogP contribution in [0, 0.1) is 13.8 Å². The van der Waals surface area contributed by atoms with Crippen LogP contribution < -0.4 is 25.9 Å². The monoisotopic (exact) mass is 810 g/mol. The SMILES string of the molecule is Cc1ccc2c(c1)c1cc(C)c3c4ccccc4sc3c1n2-c1ccc2c(c1)Oc1cc(-n3c4ccccc4c4ccccc43)cc3c1B2c1ccc(-c2ccccc2)cc1O3. The molecular weight excluding hydrogens is 776 g/mol. The summed E-state index contributed by atoms with van der Waals surface area (Å²) in [5, 5.41) is 7.61. The maximum atomic E-state index is 7.23. The normalized spacial score (nSPS) is 12.9. The van der Waals surface area contributed by atoms with Crippen LogP contribution in [0.4, 0.5) is 0 Å². The zero-order valence-electron chi connectivity index (χ0n) is 33.9. The van der Waals surface area contributed by atoms with Gasteiger partial charge in [0.05, 0.1) is 32.5 Å². The van der Waals surface area contributed by atoms with Gasteiger partial charge in [-0.15, -0.1) is 11.3 Å². The van der Waals surface area contributed by atoms with Gasteiger partial charge in [0.1, 0.15) is 23.0 Å². The lowest BCUT2D eigenvalue weighted by molar-refractivity contribution is 0.464. The van der Waals surface area contributed by atoms with Crippen molar-refractivity contribution in [3.8, 4) is 45.5 Å². The van der Waals surface area contributed by atoms with E-state index in [9.17, 15) is 0 Å². The maximum absolute atomic E-state index is 7.23. The van der Waals surface area contributed by atoms with Crippen LogP contribution in [0.3, 0.4) is 0 Å². The van der Waals surface area contributed by atoms with E-state index < -0.39 is 0 Å². The molecule has 62 heavy (non-hydrogen) atoms. The molecule has 0 saturated heterocycles. The highest BCUT2D eigenvalue weighted by Crippen LogP contribution is 2.46. The van der Waals surface area contributed by atoms with Crippen LogP contribution in [0.2, 0.25) is 0 Å². The van der Waals surface area contributed by atoms with Gasteiger partial charge in [0.25, 0.3) is 6.71 Å². The van der Waals surface area contributed by atoms with Crippen molar-refractivity contribution in [2.45, 2.75) is 13.8 Å². The van der Waals surface area contributed by atoms with E-state index in [-0.39, 0.29) is 6.71 Å². The number of fused-ring (bicyclic) bond motifs is 14. The van der Waals surface area contributed by atoms with Gasteiger partial charge >= 0.3 is 0 Å². The largest absolute Gasteiger partial charge is 0.458 e. The fourth-order valence-electron chi connectivity index (χ4n) is 10.7. The fraction of sp³-hybridized carbons (Fsp3) is 0.0357. The lowest BCUT2D eigenvalue weighted by atomic mass is 9.35. The summed E-state index contributed by atoms with van der Waals surface area (Å²) in [6, 6.07) is 64.0. The van der Waals surface area contributed by atoms with Gasteiger partial charge in [0, 0.05) is 66.4 Å². The molecule has 4 nitrogen and oxygen atoms in total. The number of thiophene rings is 1. The van der Waals surface area contributed by atoms with Gasteiger partial charge in [-0.2, -0.15) is 0 Å². The highest BCUT2D eigenvalue weighted by Gasteiger charge is 2.41. The van der Waals surface area contributed by atoms with Crippen molar-refractivity contribution in [1.29, 1.82) is 0 Å². The second kappa shape index (κ2) is 12.5. The van der Waals surface area contributed by atoms with E-state index in [1.54, 1.807) is 0 Å². The molecule has 0 unspecified atom stereocenters. The van der Waals surface area contributed by atoms with Crippen LogP contribution in [-0.4, -0.2) is 15.8 Å². The van der Waals surface area contributed by atoms with Crippen LogP contribution in [0.1, 0.15) is 11.1 Å². The lowest BCUT2D eigenvalue weighted by Crippen LogP contribution is -2.57. The molecule has 5 heterocycles. The molecule has 0 aliphatic carbocycles. The maximum Gasteiger partial charge on any atom is 0.260 e. The average Bonchev–Trinajstić information content (AvgIpc) is 3.97. The highest BCUT2D eigenvalue weighted by atomic mass is 32.1. The molecule has 9 aromatic carbocycles. The summed E-state index contributed by atoms with van der Waals surface area (Å²) in [6.45, 7) is 4.37. The van der Waals surface area contributed by atoms with E-state index in [1.165, 1.54) is 63.9 Å². The van der Waals surface area contributed by atoms with Crippen LogP contribution in [-0.2, 0) is 0 Å². The molecule has 2 aliphatic rings. The molecule has 0 N–H and O–H groups in total. The van der Waals surface area contributed by atoms with Gasteiger partial charge in [0.15, 0.2) is 0 Å². The van der Waals surface area contributed by atoms with Crippen LogP contribution in [0.5, 0.6) is 23.0 Å². The topological polar surface area (TPSA) is 28.3 Å². The molecule has 12 aromatic rings. The minimum absolute atomic E-state index is 0.0867. The van der Waals surface area contributed by atoms with Crippen molar-refractivity contribution < 1.29 is 9.47 Å². The summed E-state index contributed by atoms with van der Waals surface area (Å²) in [4.78, 5) is 0. The van der Waals surface area contributed by atoms with Gasteiger partial charge in [-0.3, -0.25) is 0 Å². The minimum Gasteiger partial charge on any atom is -0.458 e. The van der Waals surface area contributed by atoms with Gasteiger partial charge in [-0.05, 0) is 90.0 Å². The van der Waals surface area contributed by atoms with E-state index >= 15 is 0 Å². The third-order valence-electron chi connectivity index (χ3n) is 13.4. The molecule has 0 fully saturated rings. The van der Waals surface area contributed by atoms with E-state index in [0.29, 0.717) is 0 Å². The molecule has 2 aliphatic heterocycles. The second-order valence-corrected chi connectivity index (χ2v) is 18.0. The van der Waals surface area contributed by atoms with E-state index in [4.69, 9.17) is 9.47 Å². The molecule has 14 rings (SSSR count). The van der Waals surface area contributed by atoms with Crippen molar-refractivity contribution >= 4 is 98.2 Å². The van der Waals surface area contributed by atoms with E-state index in [0.717, 1.165) is 72.9 Å². The van der Waals surface area contributed by atoms with E-state index in [1.807, 2.05) is 11.3 Å². The number of hydrogen-bond donors (Lipinski definition) is 0. The first-order valence-corrected chi connectivity index (χ1v) is 22.1. The summed E-state index contributed by atoms with van der Waals surface area (Å²) in [5.41, 5.74) is 14.9. The van der Waals surface area contributed by atoms with Crippen LogP contribution >= 0.6 is 11.3 Å². The molecular formula is C56H35BN2O2S. The molecule has 0 spiro atoms. The Bertz CT molecular complexity index is 3860. The molecule has 0 atom stereocenters. The molecule has 0 bridgehead atoms. The van der Waals surface area contributed by atoms with Gasteiger partial charge in [-0.1, -0.05) is 115 Å². The van der Waals surface area contributed by atoms with Crippen molar-refractivity contribution in [1.82, 2.24) is 9.13 Å². The predicted molar refractivity (Wildman–Crippen MR) is 261 cm³/mol. The predicted octanol–water partition coefficient (Wildman–Crippen LogP) is 13.3. The van der Waals surface area contributed by atoms with E-state index in [2.05, 4.69) is 199 Å². The quantitative estimate of drug-likeness (QED) is 0.166. The van der Waals surface area contributed by atoms with Gasteiger partial charge in [-0.25, -0.2) is 0 Å². The second-order valence-electron chi connectivity index (χ2n) is 17.0. The Morgan fingerprint density at radius 3 is 1.84 bits per heavy atom. The number of ether oxygens (including phenoxy) is 2. The minimum atomic E-state index is -0.0867. The number of aromatic nitrogens is 2. The fourth-order valence-corrected chi connectivity index (χ4v) is 12.0. The zero-order chi connectivity index (χ0) is 40.8. The van der Waals surface area contributed by atoms with Crippen molar-refractivity contribution in [2.24, 2.45) is 0 Å². The number of nitrogens with zero attached hydrogens (tertiary/aromatic N) is 2. The Labute approximate surface area is 361 Å². The number of benzene rings is 9. The molecule has 3 aromatic heterocycles. The van der Waals surface area contributed by atoms with Gasteiger partial charge in [0.2, 0.25) is 0 Å². The Balaban J connectivity index is 1.03. The Morgan fingerprint density at radius 1 is 0.452 bits per heavy atom. The molecule has 0 radical (unpaired) electrons. The highest BCUT2D eigenvalue weighted by molar-refractivity contribution is 7.26. The Kier molecular flexibility index (Phi) is 6.90. The number of aryl methyl sites for hydroxylation is 2. The summed E-state index contributed by atoms with van der Waals surface area (Å²) < 4.78 is 21.7. The summed E-state index contributed by atoms with van der Waals surface area (Å²) in [5.74, 6) is 3.35. The third kappa shape index (κ3) is 4.67. The summed E-state index contributed by atoms with van der Waals surface area (Å²) in [6.07, 6.45) is 0. The van der Waals surface area contributed by atoms with Crippen molar-refractivity contribution in [3.05, 3.63) is 187 Å². The first-order chi connectivity index (χ1) is 30.6. The smallest absolute Gasteiger partial charge is 0.260 e. The molecule has 290 valence electrons. The van der Waals surface area contributed by atoms with Gasteiger partial charge < -0.3 is 18.6 Å². The zero-order valence-corrected chi connectivity index (χ0v) is 34.8. The molecule has 0 saturated carbocycles. The number of rotatable bonds is 3. The third-order valence-corrected chi connectivity index (χ3v) is 14.6. The lowest BCUT2D eigenvalue weighted by Gasteiger charge is -2.34. The standard InChI is InChI=1S/C56H35BN2O2S/c1-32-20-25-47-41(26-32)42-27-33(2)53-40-16-8-11-19-52(40)62-56(53)55(42)59(47)36-22-24-44-49(29-36)61-51-31-37(58-45-17-9-6-14-38(45)39-15-7-10-18-46(39)58)30-50-54(51)57(44)43-23-21-35(28-48(43)60-50)34-12-4-3-5-13-34/h3-31H,1-2H3. The number of para-hydroxylation sites is 2. The van der Waals surface area contributed by atoms with Crippen molar-refractivity contribution in [3.63, 3.8) is 0 Å². The average molecular weight is 811 g/mol.